The molecule has 0 saturated heterocycles. The molecule has 0 aliphatic heterocycles. The number of furan rings is 1. The van der Waals surface area contributed by atoms with Crippen LogP contribution in [0.25, 0.3) is 0 Å². The highest BCUT2D eigenvalue weighted by molar-refractivity contribution is 14.0. The number of thiazole rings is 1. The maximum Gasteiger partial charge on any atom is 0.251 e. The van der Waals surface area contributed by atoms with Crippen molar-refractivity contribution in [2.45, 2.75) is 33.4 Å². The summed E-state index contributed by atoms with van der Waals surface area (Å²) in [5.74, 6) is 1.33. The molecule has 0 unspecified atom stereocenters. The third-order valence-electron chi connectivity index (χ3n) is 4.26. The van der Waals surface area contributed by atoms with Crippen LogP contribution in [0, 0.1) is 6.92 Å². The first-order chi connectivity index (χ1) is 14.6. The van der Waals surface area contributed by atoms with E-state index >= 15 is 0 Å². The van der Waals surface area contributed by atoms with Crippen molar-refractivity contribution in [2.24, 2.45) is 4.99 Å². The number of carbonyl (C=O) groups excluding carboxylic acids is 1. The quantitative estimate of drug-likeness (QED) is 0.213. The van der Waals surface area contributed by atoms with E-state index in [1.165, 1.54) is 4.88 Å². The Hall–Kier alpha value is -2.40. The molecule has 3 aromatic rings. The van der Waals surface area contributed by atoms with Gasteiger partial charge in [-0.2, -0.15) is 0 Å². The second-order valence-electron chi connectivity index (χ2n) is 6.70. The number of benzene rings is 1. The van der Waals surface area contributed by atoms with Crippen molar-refractivity contribution in [3.05, 3.63) is 75.6 Å². The predicted octanol–water partition coefficient (Wildman–Crippen LogP) is 3.89. The molecule has 0 atom stereocenters. The minimum Gasteiger partial charge on any atom is -0.467 e. The first kappa shape index (κ1) is 24.9. The zero-order valence-corrected chi connectivity index (χ0v) is 20.8. The zero-order chi connectivity index (χ0) is 21.2. The normalized spacial score (nSPS) is 11.0. The average Bonchev–Trinajstić information content (AvgIpc) is 3.42. The molecular formula is C22H28IN5O2S. The van der Waals surface area contributed by atoms with E-state index in [2.05, 4.69) is 32.9 Å². The van der Waals surface area contributed by atoms with E-state index in [1.807, 2.05) is 37.4 Å². The molecule has 0 fully saturated rings. The van der Waals surface area contributed by atoms with Crippen molar-refractivity contribution in [2.75, 3.05) is 13.1 Å². The summed E-state index contributed by atoms with van der Waals surface area (Å²) in [6.45, 7) is 6.47. The van der Waals surface area contributed by atoms with Gasteiger partial charge in [-0.15, -0.1) is 35.3 Å². The summed E-state index contributed by atoms with van der Waals surface area (Å²) in [5, 5.41) is 10.6. The minimum atomic E-state index is -0.138. The largest absolute Gasteiger partial charge is 0.467 e. The Morgan fingerprint density at radius 2 is 2.06 bits per heavy atom. The molecule has 0 bridgehead atoms. The number of hydrogen-bond donors (Lipinski definition) is 3. The molecule has 0 radical (unpaired) electrons. The van der Waals surface area contributed by atoms with E-state index in [1.54, 1.807) is 29.7 Å². The smallest absolute Gasteiger partial charge is 0.251 e. The summed E-state index contributed by atoms with van der Waals surface area (Å²) >= 11 is 1.72. The van der Waals surface area contributed by atoms with Gasteiger partial charge in [-0.25, -0.2) is 9.98 Å². The number of guanidine groups is 1. The summed E-state index contributed by atoms with van der Waals surface area (Å²) in [7, 11) is 0. The number of carbonyl (C=O) groups is 1. The van der Waals surface area contributed by atoms with Gasteiger partial charge in [-0.05, 0) is 43.7 Å². The van der Waals surface area contributed by atoms with Gasteiger partial charge < -0.3 is 20.4 Å². The monoisotopic (exact) mass is 553 g/mol. The van der Waals surface area contributed by atoms with Gasteiger partial charge >= 0.3 is 0 Å². The van der Waals surface area contributed by atoms with Crippen LogP contribution in [0.3, 0.4) is 0 Å². The zero-order valence-electron chi connectivity index (χ0n) is 17.7. The van der Waals surface area contributed by atoms with Crippen LogP contribution in [0.15, 0.2) is 58.3 Å². The molecule has 1 aromatic carbocycles. The van der Waals surface area contributed by atoms with E-state index in [0.717, 1.165) is 41.8 Å². The van der Waals surface area contributed by atoms with Crippen molar-refractivity contribution in [3.63, 3.8) is 0 Å². The SMILES string of the molecule is CCNC(=NCc1cccc(C(=O)NCc2ccco2)c1)NCCc1ncc(C)s1.I. The second-order valence-corrected chi connectivity index (χ2v) is 8.02. The van der Waals surface area contributed by atoms with Crippen LogP contribution < -0.4 is 16.0 Å². The molecule has 2 aromatic heterocycles. The Morgan fingerprint density at radius 1 is 1.19 bits per heavy atom. The van der Waals surface area contributed by atoms with E-state index in [4.69, 9.17) is 4.42 Å². The Kier molecular flexibility index (Phi) is 10.5. The molecule has 7 nitrogen and oxygen atoms in total. The van der Waals surface area contributed by atoms with Crippen LogP contribution >= 0.6 is 35.3 Å². The van der Waals surface area contributed by atoms with Crippen LogP contribution in [-0.2, 0) is 19.5 Å². The van der Waals surface area contributed by atoms with Crippen LogP contribution in [0.5, 0.6) is 0 Å². The lowest BCUT2D eigenvalue weighted by Gasteiger charge is -2.11. The summed E-state index contributed by atoms with van der Waals surface area (Å²) in [6, 6.07) is 11.1. The third-order valence-corrected chi connectivity index (χ3v) is 5.23. The fourth-order valence-electron chi connectivity index (χ4n) is 2.81. The first-order valence-corrected chi connectivity index (χ1v) is 10.8. The molecule has 166 valence electrons. The average molecular weight is 553 g/mol. The molecule has 2 heterocycles. The standard InChI is InChI=1S/C22H27N5O2S.HI/c1-3-23-22(24-10-9-20-25-13-16(2)30-20)27-14-17-6-4-7-18(12-17)21(28)26-15-19-8-5-11-29-19;/h4-8,11-13H,3,9-10,14-15H2,1-2H3,(H,26,28)(H2,23,24,27);1H. The van der Waals surface area contributed by atoms with Gasteiger partial charge in [-0.3, -0.25) is 4.79 Å². The number of aliphatic imine (C=N–C) groups is 1. The van der Waals surface area contributed by atoms with Crippen LogP contribution in [-0.4, -0.2) is 29.9 Å². The fraction of sp³-hybridized carbons (Fsp3) is 0.318. The predicted molar refractivity (Wildman–Crippen MR) is 135 cm³/mol. The number of amides is 1. The van der Waals surface area contributed by atoms with Gasteiger partial charge in [0.15, 0.2) is 5.96 Å². The van der Waals surface area contributed by atoms with Crippen molar-refractivity contribution in [1.29, 1.82) is 0 Å². The molecule has 0 spiro atoms. The first-order valence-electron chi connectivity index (χ1n) is 9.97. The van der Waals surface area contributed by atoms with Gasteiger partial charge in [-0.1, -0.05) is 12.1 Å². The molecule has 3 rings (SSSR count). The van der Waals surface area contributed by atoms with Crippen molar-refractivity contribution >= 4 is 47.2 Å². The van der Waals surface area contributed by atoms with Gasteiger partial charge in [0.2, 0.25) is 0 Å². The van der Waals surface area contributed by atoms with E-state index in [-0.39, 0.29) is 29.9 Å². The summed E-state index contributed by atoms with van der Waals surface area (Å²) in [4.78, 5) is 22.6. The molecule has 0 aliphatic rings. The topological polar surface area (TPSA) is 91.5 Å². The third kappa shape index (κ3) is 8.33. The highest BCUT2D eigenvalue weighted by atomic mass is 127. The van der Waals surface area contributed by atoms with Gasteiger partial charge in [0.1, 0.15) is 5.76 Å². The van der Waals surface area contributed by atoms with Crippen LogP contribution in [0.2, 0.25) is 0 Å². The van der Waals surface area contributed by atoms with Gasteiger partial charge in [0.05, 0.1) is 24.4 Å². The molecule has 9 heteroatoms. The molecule has 3 N–H and O–H groups in total. The van der Waals surface area contributed by atoms with Crippen LogP contribution in [0.1, 0.15) is 38.5 Å². The number of nitrogens with zero attached hydrogens (tertiary/aromatic N) is 2. The molecule has 0 saturated carbocycles. The lowest BCUT2D eigenvalue weighted by Crippen LogP contribution is -2.38. The number of hydrogen-bond acceptors (Lipinski definition) is 5. The maximum absolute atomic E-state index is 12.4. The molecule has 31 heavy (non-hydrogen) atoms. The Morgan fingerprint density at radius 3 is 2.77 bits per heavy atom. The lowest BCUT2D eigenvalue weighted by molar-refractivity contribution is 0.0948. The number of halogens is 1. The highest BCUT2D eigenvalue weighted by Crippen LogP contribution is 2.11. The summed E-state index contributed by atoms with van der Waals surface area (Å²) in [5.41, 5.74) is 1.57. The molecule has 0 aliphatic carbocycles. The van der Waals surface area contributed by atoms with E-state index in [9.17, 15) is 4.79 Å². The van der Waals surface area contributed by atoms with Gasteiger partial charge in [0.25, 0.3) is 5.91 Å². The highest BCUT2D eigenvalue weighted by Gasteiger charge is 2.07. The molecule has 1 amide bonds. The number of rotatable bonds is 9. The van der Waals surface area contributed by atoms with E-state index in [0.29, 0.717) is 18.7 Å². The van der Waals surface area contributed by atoms with Crippen molar-refractivity contribution in [1.82, 2.24) is 20.9 Å². The number of aryl methyl sites for hydroxylation is 1. The summed E-state index contributed by atoms with van der Waals surface area (Å²) < 4.78 is 5.24. The van der Waals surface area contributed by atoms with Crippen molar-refractivity contribution < 1.29 is 9.21 Å². The second kappa shape index (κ2) is 13.1. The molecular weight excluding hydrogens is 525 g/mol. The fourth-order valence-corrected chi connectivity index (χ4v) is 3.60. The number of nitrogens with one attached hydrogen (secondary N) is 3. The minimum absolute atomic E-state index is 0. The Balaban J connectivity index is 0.00000341. The van der Waals surface area contributed by atoms with Crippen LogP contribution in [0.4, 0.5) is 0 Å². The van der Waals surface area contributed by atoms with Crippen molar-refractivity contribution in [3.8, 4) is 0 Å². The lowest BCUT2D eigenvalue weighted by atomic mass is 10.1. The number of aromatic nitrogens is 1. The Bertz CT molecular complexity index is 972. The van der Waals surface area contributed by atoms with Gasteiger partial charge in [0, 0.05) is 36.1 Å². The Labute approximate surface area is 203 Å². The van der Waals surface area contributed by atoms with E-state index < -0.39 is 0 Å². The summed E-state index contributed by atoms with van der Waals surface area (Å²) in [6.07, 6.45) is 4.35. The maximum atomic E-state index is 12.4.